The van der Waals surface area contributed by atoms with Crippen molar-refractivity contribution in [3.05, 3.63) is 30.6 Å². The Bertz CT molecular complexity index is 80.0. The molecule has 0 N–H and O–H groups in total. The number of pyridine rings is 1. The van der Waals surface area contributed by atoms with E-state index in [-0.39, 0.29) is 41.7 Å². The molecular weight excluding hydrogens is 214 g/mol. The molecule has 0 atom stereocenters. The van der Waals surface area contributed by atoms with Gasteiger partial charge >= 0.3 is 0 Å². The van der Waals surface area contributed by atoms with E-state index >= 15 is 0 Å². The van der Waals surface area contributed by atoms with Gasteiger partial charge < -0.3 is 0 Å². The Morgan fingerprint density at radius 2 is 1.43 bits per heavy atom. The van der Waals surface area contributed by atoms with Gasteiger partial charge in [-0.3, -0.25) is 4.98 Å². The van der Waals surface area contributed by atoms with Gasteiger partial charge in [0, 0.05) is 54.1 Å². The molecule has 34 valence electrons. The number of rotatable bonds is 0. The van der Waals surface area contributed by atoms with Crippen LogP contribution in [0.15, 0.2) is 30.6 Å². The van der Waals surface area contributed by atoms with Crippen molar-refractivity contribution in [1.82, 2.24) is 4.98 Å². The molecule has 0 aliphatic heterocycles. The molecule has 0 saturated carbocycles. The van der Waals surface area contributed by atoms with Gasteiger partial charge in [0.1, 0.15) is 0 Å². The molecule has 0 saturated heterocycles. The Kier molecular flexibility index (Phi) is 5.03. The maximum Gasteiger partial charge on any atom is 0.0267 e. The molecule has 0 radical (unpaired) electrons. The van der Waals surface area contributed by atoms with E-state index in [4.69, 9.17) is 0 Å². The topological polar surface area (TPSA) is 12.9 Å². The Balaban J connectivity index is 0.000000360. The molecule has 1 nitrogen and oxygen atoms in total. The monoisotopic (exact) mass is 219 g/mol. The molecule has 0 aliphatic rings. The van der Waals surface area contributed by atoms with E-state index in [1.807, 2.05) is 18.2 Å². The molecule has 0 aliphatic carbocycles. The maximum absolute atomic E-state index is 3.78. The van der Waals surface area contributed by atoms with E-state index in [0.29, 0.717) is 0 Å². The maximum atomic E-state index is 3.78. The second-order valence-corrected chi connectivity index (χ2v) is 1.02. The van der Waals surface area contributed by atoms with Gasteiger partial charge in [-0.1, -0.05) is 6.07 Å². The Morgan fingerprint density at radius 3 is 1.57 bits per heavy atom. The molecule has 0 bridgehead atoms. The zero-order chi connectivity index (χ0) is 4.24. The number of nitrogens with zero attached hydrogens (tertiary/aromatic N) is 1. The molecule has 0 amide bonds. The van der Waals surface area contributed by atoms with Crippen LogP contribution < -0.4 is 0 Å². The van der Waals surface area contributed by atoms with Crippen LogP contribution in [0.3, 0.4) is 0 Å². The van der Waals surface area contributed by atoms with Crippen molar-refractivity contribution in [1.29, 1.82) is 0 Å². The Morgan fingerprint density at radius 1 is 0.857 bits per heavy atom. The van der Waals surface area contributed by atoms with E-state index in [1.54, 1.807) is 12.4 Å². The van der Waals surface area contributed by atoms with Crippen molar-refractivity contribution in [2.45, 2.75) is 0 Å². The zero-order valence-corrected chi connectivity index (χ0v) is 6.97. The predicted octanol–water partition coefficient (Wildman–Crippen LogP) is 1.08. The van der Waals surface area contributed by atoms with Gasteiger partial charge in [0.15, 0.2) is 0 Å². The zero-order valence-electron chi connectivity index (χ0n) is 3.83. The number of hydrogen-bond acceptors (Lipinski definition) is 1. The van der Waals surface area contributed by atoms with Crippen LogP contribution in [0, 0.1) is 41.7 Å². The summed E-state index contributed by atoms with van der Waals surface area (Å²) in [5.74, 6) is 0. The van der Waals surface area contributed by atoms with Gasteiger partial charge in [-0.15, -0.1) is 0 Å². The minimum absolute atomic E-state index is 0. The van der Waals surface area contributed by atoms with Crippen molar-refractivity contribution in [2.24, 2.45) is 0 Å². The summed E-state index contributed by atoms with van der Waals surface area (Å²) in [7, 11) is 0. The number of aromatic nitrogens is 1. The van der Waals surface area contributed by atoms with Crippen LogP contribution in [0.4, 0.5) is 0 Å². The summed E-state index contributed by atoms with van der Waals surface area (Å²) < 4.78 is 0. The SMILES string of the molecule is [Ce].c1ccncc1. The minimum Gasteiger partial charge on any atom is -0.265 e. The van der Waals surface area contributed by atoms with Gasteiger partial charge in [-0.25, -0.2) is 0 Å². The van der Waals surface area contributed by atoms with E-state index < -0.39 is 0 Å². The summed E-state index contributed by atoms with van der Waals surface area (Å²) in [6.45, 7) is 0. The van der Waals surface area contributed by atoms with Gasteiger partial charge in [0.2, 0.25) is 0 Å². The second-order valence-electron chi connectivity index (χ2n) is 1.02. The molecule has 1 aromatic rings. The van der Waals surface area contributed by atoms with Gasteiger partial charge in [0.25, 0.3) is 0 Å². The third kappa shape index (κ3) is 3.14. The van der Waals surface area contributed by atoms with Crippen molar-refractivity contribution in [3.8, 4) is 0 Å². The molecule has 0 unspecified atom stereocenters. The first-order chi connectivity index (χ1) is 3.00. The summed E-state index contributed by atoms with van der Waals surface area (Å²) in [6, 6.07) is 5.72. The first kappa shape index (κ1) is 7.53. The second kappa shape index (κ2) is 4.68. The van der Waals surface area contributed by atoms with Crippen LogP contribution in [0.1, 0.15) is 0 Å². The minimum atomic E-state index is 0. The van der Waals surface area contributed by atoms with E-state index in [1.165, 1.54) is 0 Å². The van der Waals surface area contributed by atoms with Crippen LogP contribution in [0.5, 0.6) is 0 Å². The van der Waals surface area contributed by atoms with Crippen LogP contribution >= 0.6 is 0 Å². The third-order valence-electron chi connectivity index (χ3n) is 0.566. The van der Waals surface area contributed by atoms with Crippen molar-refractivity contribution >= 4 is 0 Å². The summed E-state index contributed by atoms with van der Waals surface area (Å²) >= 11 is 0. The molecule has 2 heteroatoms. The first-order valence-electron chi connectivity index (χ1n) is 1.85. The van der Waals surface area contributed by atoms with Crippen molar-refractivity contribution < 1.29 is 41.7 Å². The normalized spacial score (nSPS) is 6.86. The van der Waals surface area contributed by atoms with Crippen LogP contribution in [0.25, 0.3) is 0 Å². The van der Waals surface area contributed by atoms with Crippen LogP contribution in [-0.2, 0) is 0 Å². The molecule has 0 fully saturated rings. The standard InChI is InChI=1S/C5H5N.Ce/c1-2-4-6-5-3-1;/h1-5H;. The molecule has 7 heavy (non-hydrogen) atoms. The van der Waals surface area contributed by atoms with Crippen molar-refractivity contribution in [2.75, 3.05) is 0 Å². The van der Waals surface area contributed by atoms with Crippen LogP contribution in [-0.4, -0.2) is 4.98 Å². The predicted molar refractivity (Wildman–Crippen MR) is 24.2 cm³/mol. The quantitative estimate of drug-likeness (QED) is 0.636. The Hall–Kier alpha value is 0.527. The smallest absolute Gasteiger partial charge is 0.0267 e. The van der Waals surface area contributed by atoms with Crippen LogP contribution in [0.2, 0.25) is 0 Å². The van der Waals surface area contributed by atoms with Gasteiger partial charge in [-0.2, -0.15) is 0 Å². The largest absolute Gasteiger partial charge is 0.265 e. The summed E-state index contributed by atoms with van der Waals surface area (Å²) in [5, 5.41) is 0. The first-order valence-corrected chi connectivity index (χ1v) is 1.85. The van der Waals surface area contributed by atoms with Gasteiger partial charge in [0.05, 0.1) is 0 Å². The fourth-order valence-corrected chi connectivity index (χ4v) is 0.313. The van der Waals surface area contributed by atoms with E-state index in [2.05, 4.69) is 4.98 Å². The van der Waals surface area contributed by atoms with Crippen molar-refractivity contribution in [3.63, 3.8) is 0 Å². The van der Waals surface area contributed by atoms with E-state index in [0.717, 1.165) is 0 Å². The number of hydrogen-bond donors (Lipinski definition) is 0. The molecule has 1 rings (SSSR count). The fourth-order valence-electron chi connectivity index (χ4n) is 0.313. The summed E-state index contributed by atoms with van der Waals surface area (Å²) in [5.41, 5.74) is 0. The Labute approximate surface area is 76.5 Å². The molecule has 1 aromatic heterocycles. The molecule has 1 heterocycles. The van der Waals surface area contributed by atoms with E-state index in [9.17, 15) is 0 Å². The molecule has 0 spiro atoms. The summed E-state index contributed by atoms with van der Waals surface area (Å²) in [4.78, 5) is 3.78. The fraction of sp³-hybridized carbons (Fsp3) is 0. The summed E-state index contributed by atoms with van der Waals surface area (Å²) in [6.07, 6.45) is 3.50. The average molecular weight is 219 g/mol. The molecule has 0 aromatic carbocycles. The average Bonchev–Trinajstić information content (AvgIpc) is 1.72. The van der Waals surface area contributed by atoms with Gasteiger partial charge in [-0.05, 0) is 12.1 Å². The molecular formula is C5H5CeN. The third-order valence-corrected chi connectivity index (χ3v) is 0.566.